The predicted octanol–water partition coefficient (Wildman–Crippen LogP) is 21.6. The Morgan fingerprint density at radius 2 is 0.500 bits per heavy atom. The highest BCUT2D eigenvalue weighted by Crippen LogP contribution is 2.56. The molecule has 0 fully saturated rings. The molecule has 14 rings (SSSR count). The van der Waals surface area contributed by atoms with Gasteiger partial charge in [-0.3, -0.25) is 0 Å². The van der Waals surface area contributed by atoms with Crippen molar-refractivity contribution >= 4 is 75.4 Å². The lowest BCUT2D eigenvalue weighted by Crippen LogP contribution is -2.16. The molecule has 0 heteroatoms. The third-order valence-electron chi connectivity index (χ3n) is 17.2. The maximum atomic E-state index is 2.60. The molecular weight excluding hydrogens is 889 g/mol. The highest BCUT2D eigenvalue weighted by atomic mass is 14.3. The summed E-state index contributed by atoms with van der Waals surface area (Å²) in [6.07, 6.45) is 0. The number of hydrogen-bond donors (Lipinski definition) is 0. The van der Waals surface area contributed by atoms with Crippen LogP contribution >= 0.6 is 0 Å². The molecule has 2 aliphatic carbocycles. The first kappa shape index (κ1) is 45.1. The summed E-state index contributed by atoms with van der Waals surface area (Å²) in [6, 6.07) is 67.3. The van der Waals surface area contributed by atoms with Crippen LogP contribution in [0.25, 0.3) is 142 Å². The van der Waals surface area contributed by atoms with Gasteiger partial charge in [-0.15, -0.1) is 0 Å². The van der Waals surface area contributed by atoms with E-state index in [1.807, 2.05) is 0 Å². The maximum Gasteiger partial charge on any atom is -0.00199 e. The number of hydrogen-bond acceptors (Lipinski definition) is 0. The largest absolute Gasteiger partial charge is 0.0616 e. The Bertz CT molecular complexity index is 4130. The molecule has 0 saturated carbocycles. The van der Waals surface area contributed by atoms with Crippen LogP contribution in [0, 0.1) is 0 Å². The first-order valence-corrected chi connectivity index (χ1v) is 27.0. The lowest BCUT2D eigenvalue weighted by atomic mass is 9.77. The van der Waals surface area contributed by atoms with Crippen molar-refractivity contribution in [2.24, 2.45) is 0 Å². The molecule has 0 N–H and O–H groups in total. The zero-order chi connectivity index (χ0) is 51.1. The van der Waals surface area contributed by atoms with Gasteiger partial charge in [0.2, 0.25) is 0 Å². The van der Waals surface area contributed by atoms with Crippen LogP contribution in [0.4, 0.5) is 0 Å². The van der Waals surface area contributed by atoms with Gasteiger partial charge < -0.3 is 0 Å². The molecule has 360 valence electrons. The van der Waals surface area contributed by atoms with E-state index in [2.05, 4.69) is 253 Å². The van der Waals surface area contributed by atoms with Crippen molar-refractivity contribution in [3.63, 3.8) is 0 Å². The molecule has 0 radical (unpaired) electrons. The van der Waals surface area contributed by atoms with Crippen LogP contribution in [-0.4, -0.2) is 0 Å². The fourth-order valence-electron chi connectivity index (χ4n) is 13.0. The van der Waals surface area contributed by atoms with Crippen LogP contribution in [0.3, 0.4) is 0 Å². The van der Waals surface area contributed by atoms with Crippen LogP contribution in [-0.2, 0) is 21.7 Å². The summed E-state index contributed by atoms with van der Waals surface area (Å²) in [6.45, 7) is 28.4. The van der Waals surface area contributed by atoms with Crippen molar-refractivity contribution in [2.45, 2.75) is 105 Å². The molecule has 0 heterocycles. The zero-order valence-electron chi connectivity index (χ0n) is 45.2. The average Bonchev–Trinajstić information content (AvgIpc) is 3.85. The van der Waals surface area contributed by atoms with E-state index in [0.717, 1.165) is 0 Å². The second kappa shape index (κ2) is 15.0. The van der Waals surface area contributed by atoms with Gasteiger partial charge in [0.25, 0.3) is 0 Å². The van der Waals surface area contributed by atoms with Gasteiger partial charge >= 0.3 is 0 Å². The third kappa shape index (κ3) is 6.59. The number of benzene rings is 12. The highest BCUT2D eigenvalue weighted by molar-refractivity contribution is 6.31. The lowest BCUT2D eigenvalue weighted by Gasteiger charge is -2.27. The van der Waals surface area contributed by atoms with Gasteiger partial charge in [0.1, 0.15) is 0 Å². The molecule has 0 nitrogen and oxygen atoms in total. The summed E-state index contributed by atoms with van der Waals surface area (Å²) >= 11 is 0. The molecule has 0 saturated heterocycles. The quantitative estimate of drug-likeness (QED) is 0.152. The standard InChI is InChI=1S/C74H64/c1-71(2,3)45-27-43(28-46(33-45)72(4,5)6)55-35-61-62(63-39-65-57(37-59(55)63)53-25-17-23-51-49-21-15-13-19-41(49)31-67(65)69(51)53)36-56(44-29-47(73(7,8)9)34-48(30-44)74(10,11)12)60-38-58-54-26-18-24-52-50-22-16-14-20-42(50)32-68(70(52)54)66(58)40-64(60)61/h13-40H,1-12H3. The highest BCUT2D eigenvalue weighted by Gasteiger charge is 2.30. The molecule has 12 aromatic carbocycles. The first-order chi connectivity index (χ1) is 35.2. The monoisotopic (exact) mass is 953 g/mol. The first-order valence-electron chi connectivity index (χ1n) is 27.0. The van der Waals surface area contributed by atoms with Crippen molar-refractivity contribution in [3.8, 4) is 66.8 Å². The van der Waals surface area contributed by atoms with Crippen molar-refractivity contribution in [1.82, 2.24) is 0 Å². The minimum atomic E-state index is -0.0426. The molecule has 74 heavy (non-hydrogen) atoms. The van der Waals surface area contributed by atoms with Gasteiger partial charge in [0.15, 0.2) is 0 Å². The van der Waals surface area contributed by atoms with Crippen LogP contribution in [0.2, 0.25) is 0 Å². The Labute approximate surface area is 436 Å². The van der Waals surface area contributed by atoms with Gasteiger partial charge in [-0.2, -0.15) is 0 Å². The Hall–Kier alpha value is -7.54. The lowest BCUT2D eigenvalue weighted by molar-refractivity contribution is 0.568. The third-order valence-corrected chi connectivity index (χ3v) is 17.2. The van der Waals surface area contributed by atoms with Gasteiger partial charge in [-0.05, 0) is 235 Å². The minimum Gasteiger partial charge on any atom is -0.0616 e. The number of rotatable bonds is 2. The smallest absolute Gasteiger partial charge is 0.00199 e. The van der Waals surface area contributed by atoms with Gasteiger partial charge in [-0.25, -0.2) is 0 Å². The van der Waals surface area contributed by atoms with Gasteiger partial charge in [0.05, 0.1) is 0 Å². The average molecular weight is 953 g/mol. The van der Waals surface area contributed by atoms with Crippen LogP contribution in [0.15, 0.2) is 170 Å². The van der Waals surface area contributed by atoms with Crippen LogP contribution in [0.1, 0.15) is 105 Å². The summed E-state index contributed by atoms with van der Waals surface area (Å²) in [5, 5.41) is 18.4. The molecule has 0 bridgehead atoms. The molecule has 12 aromatic rings. The minimum absolute atomic E-state index is 0.0426. The van der Waals surface area contributed by atoms with Crippen molar-refractivity contribution in [1.29, 1.82) is 0 Å². The van der Waals surface area contributed by atoms with Crippen LogP contribution in [0.5, 0.6) is 0 Å². The molecule has 0 unspecified atom stereocenters. The van der Waals surface area contributed by atoms with E-state index in [4.69, 9.17) is 0 Å². The molecule has 2 aliphatic rings. The topological polar surface area (TPSA) is 0 Å². The van der Waals surface area contributed by atoms with E-state index >= 15 is 0 Å². The summed E-state index contributed by atoms with van der Waals surface area (Å²) in [4.78, 5) is 0. The number of fused-ring (bicyclic) bond motifs is 15. The Balaban J connectivity index is 1.18. The zero-order valence-corrected chi connectivity index (χ0v) is 45.2. The molecule has 0 amide bonds. The molecule has 0 spiro atoms. The van der Waals surface area contributed by atoms with E-state index in [1.165, 1.54) is 164 Å². The maximum absolute atomic E-state index is 2.60. The summed E-state index contributed by atoms with van der Waals surface area (Å²) in [5.74, 6) is 0. The fraction of sp³-hybridized carbons (Fsp3) is 0.216. The summed E-state index contributed by atoms with van der Waals surface area (Å²) < 4.78 is 0. The predicted molar refractivity (Wildman–Crippen MR) is 324 cm³/mol. The molecule has 0 aromatic heterocycles. The van der Waals surface area contributed by atoms with E-state index < -0.39 is 0 Å². The summed E-state index contributed by atoms with van der Waals surface area (Å²) in [7, 11) is 0. The molecule has 0 atom stereocenters. The Morgan fingerprint density at radius 1 is 0.203 bits per heavy atom. The van der Waals surface area contributed by atoms with Gasteiger partial charge in [0, 0.05) is 0 Å². The normalized spacial score (nSPS) is 13.4. The summed E-state index contributed by atoms with van der Waals surface area (Å²) in [5.41, 5.74) is 21.0. The molecular formula is C74H64. The van der Waals surface area contributed by atoms with E-state index in [1.54, 1.807) is 0 Å². The van der Waals surface area contributed by atoms with E-state index in [-0.39, 0.29) is 21.7 Å². The Morgan fingerprint density at radius 3 is 0.865 bits per heavy atom. The van der Waals surface area contributed by atoms with Crippen LogP contribution < -0.4 is 0 Å². The van der Waals surface area contributed by atoms with E-state index in [9.17, 15) is 0 Å². The molecule has 0 aliphatic heterocycles. The van der Waals surface area contributed by atoms with E-state index in [0.29, 0.717) is 0 Å². The second-order valence-electron chi connectivity index (χ2n) is 26.2. The van der Waals surface area contributed by atoms with Crippen molar-refractivity contribution in [3.05, 3.63) is 192 Å². The Kier molecular flexibility index (Phi) is 9.17. The van der Waals surface area contributed by atoms with Crippen molar-refractivity contribution < 1.29 is 0 Å². The van der Waals surface area contributed by atoms with Crippen molar-refractivity contribution in [2.75, 3.05) is 0 Å². The second-order valence-corrected chi connectivity index (χ2v) is 26.2. The SMILES string of the molecule is CC(C)(C)c1cc(-c2cc3c4cc5c(cc4c(-c4cc(C(C)(C)C)cc(C(C)(C)C)c4)cc3c3cc4c(cc23)-c2cccc3c2c-4cc2ccccc23)-c2cccc3c2c-5cc2ccccc23)cc(C(C)(C)C)c1. The van der Waals surface area contributed by atoms with Gasteiger partial charge in [-0.1, -0.05) is 204 Å². The fourth-order valence-corrected chi connectivity index (χ4v) is 13.0.